The zero-order valence-electron chi connectivity index (χ0n) is 11.1. The fourth-order valence-corrected chi connectivity index (χ4v) is 1.59. The van der Waals surface area contributed by atoms with Gasteiger partial charge in [-0.05, 0) is 30.2 Å². The van der Waals surface area contributed by atoms with Crippen LogP contribution in [0.5, 0.6) is 5.75 Å². The van der Waals surface area contributed by atoms with Gasteiger partial charge in [-0.1, -0.05) is 31.9 Å². The topological polar surface area (TPSA) is 66.8 Å². The van der Waals surface area contributed by atoms with Crippen molar-refractivity contribution in [3.63, 3.8) is 0 Å². The Labute approximate surface area is 113 Å². The second-order valence-electron chi connectivity index (χ2n) is 4.27. The summed E-state index contributed by atoms with van der Waals surface area (Å²) in [6.07, 6.45) is 4.59. The molecule has 0 bridgehead atoms. The normalized spacial score (nSPS) is 12.5. The Balaban J connectivity index is 2.48. The van der Waals surface area contributed by atoms with Gasteiger partial charge in [-0.3, -0.25) is 0 Å². The molecule has 1 atom stereocenters. The minimum absolute atomic E-state index is 0.637. The third-order valence-corrected chi connectivity index (χ3v) is 2.66. The molecule has 2 N–H and O–H groups in total. The molecule has 0 aliphatic carbocycles. The number of unbranched alkanes of at least 4 members (excludes halogenated alkanes) is 2. The Hall–Kier alpha value is -1.81. The molecular formula is C15H20O4. The quantitative estimate of drug-likeness (QED) is 0.559. The molecule has 0 amide bonds. The van der Waals surface area contributed by atoms with Crippen molar-refractivity contribution in [1.82, 2.24) is 0 Å². The highest BCUT2D eigenvalue weighted by Crippen LogP contribution is 2.19. The van der Waals surface area contributed by atoms with E-state index in [4.69, 9.17) is 9.84 Å². The smallest absolute Gasteiger partial charge is 0.328 e. The fourth-order valence-electron chi connectivity index (χ4n) is 1.59. The van der Waals surface area contributed by atoms with Crippen molar-refractivity contribution < 1.29 is 19.7 Å². The van der Waals surface area contributed by atoms with E-state index in [9.17, 15) is 9.90 Å². The number of benzene rings is 1. The third-order valence-electron chi connectivity index (χ3n) is 2.66. The number of aliphatic hydroxyl groups is 1. The second kappa shape index (κ2) is 8.32. The molecule has 0 saturated carbocycles. The predicted octanol–water partition coefficient (Wildman–Crippen LogP) is 2.93. The van der Waals surface area contributed by atoms with E-state index in [2.05, 4.69) is 6.92 Å². The largest absolute Gasteiger partial charge is 0.494 e. The van der Waals surface area contributed by atoms with E-state index in [0.717, 1.165) is 31.1 Å². The van der Waals surface area contributed by atoms with Gasteiger partial charge in [-0.2, -0.15) is 0 Å². The van der Waals surface area contributed by atoms with Crippen LogP contribution in [0.3, 0.4) is 0 Å². The summed E-state index contributed by atoms with van der Waals surface area (Å²) in [5.41, 5.74) is 0.637. The zero-order chi connectivity index (χ0) is 14.1. The van der Waals surface area contributed by atoms with Crippen LogP contribution in [0.25, 0.3) is 0 Å². The molecule has 4 heteroatoms. The molecule has 0 aromatic heterocycles. The lowest BCUT2D eigenvalue weighted by Crippen LogP contribution is -1.98. The van der Waals surface area contributed by atoms with Crippen LogP contribution >= 0.6 is 0 Å². The van der Waals surface area contributed by atoms with E-state index in [-0.39, 0.29) is 0 Å². The first kappa shape index (κ1) is 15.2. The number of carboxylic acid groups (broad SMARTS) is 1. The van der Waals surface area contributed by atoms with Crippen molar-refractivity contribution in [3.8, 4) is 5.75 Å². The van der Waals surface area contributed by atoms with Crippen LogP contribution in [0.2, 0.25) is 0 Å². The highest BCUT2D eigenvalue weighted by molar-refractivity contribution is 5.79. The molecule has 4 nitrogen and oxygen atoms in total. The van der Waals surface area contributed by atoms with Gasteiger partial charge < -0.3 is 14.9 Å². The number of aliphatic carboxylic acids is 1. The molecular weight excluding hydrogens is 244 g/mol. The van der Waals surface area contributed by atoms with Gasteiger partial charge in [0.05, 0.1) is 12.7 Å². The van der Waals surface area contributed by atoms with Gasteiger partial charge in [0.25, 0.3) is 0 Å². The van der Waals surface area contributed by atoms with Gasteiger partial charge in [-0.15, -0.1) is 0 Å². The molecule has 0 aliphatic rings. The maximum absolute atomic E-state index is 10.3. The third kappa shape index (κ3) is 6.06. The Morgan fingerprint density at radius 2 is 2.00 bits per heavy atom. The number of rotatable bonds is 8. The minimum atomic E-state index is -1.07. The van der Waals surface area contributed by atoms with Crippen molar-refractivity contribution in [3.05, 3.63) is 42.0 Å². The Morgan fingerprint density at radius 1 is 1.32 bits per heavy atom. The molecule has 0 heterocycles. The fraction of sp³-hybridized carbons (Fsp3) is 0.400. The lowest BCUT2D eigenvalue weighted by Gasteiger charge is -2.08. The van der Waals surface area contributed by atoms with E-state index >= 15 is 0 Å². The van der Waals surface area contributed by atoms with Crippen molar-refractivity contribution in [2.75, 3.05) is 6.61 Å². The summed E-state index contributed by atoms with van der Waals surface area (Å²) in [5.74, 6) is -0.316. The molecule has 0 radical (unpaired) electrons. The maximum atomic E-state index is 10.3. The van der Waals surface area contributed by atoms with E-state index in [0.29, 0.717) is 12.2 Å². The Bertz CT molecular complexity index is 409. The van der Waals surface area contributed by atoms with Gasteiger partial charge >= 0.3 is 5.97 Å². The summed E-state index contributed by atoms with van der Waals surface area (Å²) >= 11 is 0. The summed E-state index contributed by atoms with van der Waals surface area (Å²) in [5, 5.41) is 18.2. The molecule has 0 saturated heterocycles. The van der Waals surface area contributed by atoms with Crippen LogP contribution in [0.4, 0.5) is 0 Å². The molecule has 0 aliphatic heterocycles. The van der Waals surface area contributed by atoms with E-state index in [1.165, 1.54) is 6.08 Å². The van der Waals surface area contributed by atoms with E-state index in [1.54, 1.807) is 24.3 Å². The Morgan fingerprint density at radius 3 is 2.58 bits per heavy atom. The molecule has 1 aromatic rings. The highest BCUT2D eigenvalue weighted by Gasteiger charge is 2.04. The first-order chi connectivity index (χ1) is 9.13. The van der Waals surface area contributed by atoms with E-state index < -0.39 is 12.1 Å². The lowest BCUT2D eigenvalue weighted by atomic mass is 10.1. The van der Waals surface area contributed by atoms with Gasteiger partial charge in [-0.25, -0.2) is 4.79 Å². The summed E-state index contributed by atoms with van der Waals surface area (Å²) in [6, 6.07) is 7.01. The van der Waals surface area contributed by atoms with Crippen LogP contribution in [0.1, 0.15) is 37.9 Å². The molecule has 19 heavy (non-hydrogen) atoms. The van der Waals surface area contributed by atoms with Crippen molar-refractivity contribution in [2.45, 2.75) is 32.3 Å². The molecule has 1 aromatic carbocycles. The monoisotopic (exact) mass is 264 g/mol. The molecule has 104 valence electrons. The molecule has 0 spiro atoms. The van der Waals surface area contributed by atoms with Crippen molar-refractivity contribution in [1.29, 1.82) is 0 Å². The van der Waals surface area contributed by atoms with Crippen LogP contribution in [-0.4, -0.2) is 22.8 Å². The molecule has 1 unspecified atom stereocenters. The lowest BCUT2D eigenvalue weighted by molar-refractivity contribution is -0.131. The summed E-state index contributed by atoms with van der Waals surface area (Å²) < 4.78 is 5.55. The first-order valence-electron chi connectivity index (χ1n) is 6.45. The zero-order valence-corrected chi connectivity index (χ0v) is 11.1. The van der Waals surface area contributed by atoms with Crippen molar-refractivity contribution >= 4 is 5.97 Å². The first-order valence-corrected chi connectivity index (χ1v) is 6.45. The van der Waals surface area contributed by atoms with Gasteiger partial charge in [0.2, 0.25) is 0 Å². The number of carboxylic acids is 1. The summed E-state index contributed by atoms with van der Waals surface area (Å²) in [7, 11) is 0. The Kier molecular flexibility index (Phi) is 6.68. The second-order valence-corrected chi connectivity index (χ2v) is 4.27. The van der Waals surface area contributed by atoms with Crippen LogP contribution < -0.4 is 4.74 Å². The van der Waals surface area contributed by atoms with Crippen LogP contribution in [0, 0.1) is 0 Å². The SMILES string of the molecule is CCCCCOc1ccc(C(O)/C=C/C(=O)O)cc1. The van der Waals surface area contributed by atoms with Crippen LogP contribution in [-0.2, 0) is 4.79 Å². The predicted molar refractivity (Wildman–Crippen MR) is 73.2 cm³/mol. The molecule has 1 rings (SSSR count). The van der Waals surface area contributed by atoms with Crippen LogP contribution in [0.15, 0.2) is 36.4 Å². The summed E-state index contributed by atoms with van der Waals surface area (Å²) in [4.78, 5) is 10.3. The number of hydrogen-bond donors (Lipinski definition) is 2. The highest BCUT2D eigenvalue weighted by atomic mass is 16.5. The molecule has 0 fully saturated rings. The van der Waals surface area contributed by atoms with Gasteiger partial charge in [0, 0.05) is 6.08 Å². The van der Waals surface area contributed by atoms with Crippen molar-refractivity contribution in [2.24, 2.45) is 0 Å². The number of hydrogen-bond acceptors (Lipinski definition) is 3. The summed E-state index contributed by atoms with van der Waals surface area (Å²) in [6.45, 7) is 2.83. The average Bonchev–Trinajstić information content (AvgIpc) is 2.41. The number of aliphatic hydroxyl groups excluding tert-OH is 1. The standard InChI is InChI=1S/C15H20O4/c1-2-3-4-11-19-13-7-5-12(6-8-13)14(16)9-10-15(17)18/h5-10,14,16H,2-4,11H2,1H3,(H,17,18)/b10-9+. The average molecular weight is 264 g/mol. The number of carbonyl (C=O) groups is 1. The number of ether oxygens (including phenoxy) is 1. The van der Waals surface area contributed by atoms with Gasteiger partial charge in [0.15, 0.2) is 0 Å². The van der Waals surface area contributed by atoms with E-state index in [1.807, 2.05) is 0 Å². The van der Waals surface area contributed by atoms with Gasteiger partial charge in [0.1, 0.15) is 5.75 Å². The minimum Gasteiger partial charge on any atom is -0.494 e. The maximum Gasteiger partial charge on any atom is 0.328 e.